The molecule has 0 bridgehead atoms. The van der Waals surface area contributed by atoms with Crippen LogP contribution in [-0.4, -0.2) is 33.8 Å². The maximum absolute atomic E-state index is 14.3. The van der Waals surface area contributed by atoms with Crippen molar-refractivity contribution in [3.63, 3.8) is 0 Å². The van der Waals surface area contributed by atoms with Crippen LogP contribution in [0.5, 0.6) is 5.75 Å². The first-order valence-electron chi connectivity index (χ1n) is 11.5. The Morgan fingerprint density at radius 1 is 1.11 bits per heavy atom. The Hall–Kier alpha value is -4.21. The van der Waals surface area contributed by atoms with E-state index >= 15 is 0 Å². The van der Waals surface area contributed by atoms with E-state index in [0.29, 0.717) is 11.1 Å². The topological polar surface area (TPSA) is 101 Å². The number of amides is 2. The molecule has 8 nitrogen and oxygen atoms in total. The molecule has 2 aromatic carbocycles. The molecule has 0 fully saturated rings. The maximum Gasteiger partial charge on any atom is 0.326 e. The van der Waals surface area contributed by atoms with Crippen molar-refractivity contribution in [3.05, 3.63) is 76.2 Å². The van der Waals surface area contributed by atoms with Gasteiger partial charge in [-0.05, 0) is 57.5 Å². The smallest absolute Gasteiger partial charge is 0.326 e. The number of rotatable bonds is 6. The Labute approximate surface area is 213 Å². The van der Waals surface area contributed by atoms with E-state index in [4.69, 9.17) is 4.74 Å². The van der Waals surface area contributed by atoms with Crippen LogP contribution >= 0.6 is 0 Å². The van der Waals surface area contributed by atoms with Gasteiger partial charge in [-0.1, -0.05) is 12.1 Å². The molecule has 1 heterocycles. The predicted molar refractivity (Wildman–Crippen MR) is 136 cm³/mol. The molecule has 196 valence electrons. The third-order valence-corrected chi connectivity index (χ3v) is 5.33. The van der Waals surface area contributed by atoms with Crippen molar-refractivity contribution in [2.45, 2.75) is 39.7 Å². The highest BCUT2D eigenvalue weighted by Gasteiger charge is 2.26. The van der Waals surface area contributed by atoms with Gasteiger partial charge in [0.25, 0.3) is 5.56 Å². The summed E-state index contributed by atoms with van der Waals surface area (Å²) in [6.07, 6.45) is 1.32. The quantitative estimate of drug-likeness (QED) is 0.456. The number of ether oxygens (including phenoxy) is 1. The summed E-state index contributed by atoms with van der Waals surface area (Å²) in [5.41, 5.74) is -0.508. The van der Waals surface area contributed by atoms with Gasteiger partial charge in [0.15, 0.2) is 5.69 Å². The summed E-state index contributed by atoms with van der Waals surface area (Å²) in [5.74, 6) is -2.37. The average molecular weight is 514 g/mol. The molecular weight excluding hydrogens is 484 g/mol. The number of nitrogens with zero attached hydrogens (tertiary/aromatic N) is 2. The van der Waals surface area contributed by atoms with E-state index in [-0.39, 0.29) is 35.7 Å². The monoisotopic (exact) mass is 513 g/mol. The molecule has 3 aromatic rings. The summed E-state index contributed by atoms with van der Waals surface area (Å²) in [4.78, 5) is 39.3. The molecule has 0 saturated heterocycles. The maximum atomic E-state index is 14.3. The third-order valence-electron chi connectivity index (χ3n) is 5.33. The molecule has 0 unspecified atom stereocenters. The lowest BCUT2D eigenvalue weighted by Gasteiger charge is -2.25. The van der Waals surface area contributed by atoms with E-state index in [1.807, 2.05) is 0 Å². The van der Waals surface area contributed by atoms with Crippen molar-refractivity contribution in [2.75, 3.05) is 11.4 Å². The summed E-state index contributed by atoms with van der Waals surface area (Å²) in [6.45, 7) is 6.67. The Bertz CT molecular complexity index is 1380. The largest absolute Gasteiger partial charge is 0.505 e. The highest BCUT2D eigenvalue weighted by molar-refractivity contribution is 6.01. The van der Waals surface area contributed by atoms with Crippen LogP contribution in [-0.2, 0) is 16.6 Å². The van der Waals surface area contributed by atoms with Crippen LogP contribution in [0.25, 0.3) is 11.1 Å². The number of hydrogen-bond donors (Lipinski definition) is 2. The van der Waals surface area contributed by atoms with E-state index in [1.54, 1.807) is 27.7 Å². The molecule has 1 aromatic heterocycles. The molecule has 0 aliphatic heterocycles. The molecule has 0 aliphatic carbocycles. The first-order valence-corrected chi connectivity index (χ1v) is 11.5. The lowest BCUT2D eigenvalue weighted by Crippen LogP contribution is -2.41. The Morgan fingerprint density at radius 2 is 1.76 bits per heavy atom. The van der Waals surface area contributed by atoms with Gasteiger partial charge in [0, 0.05) is 37.0 Å². The average Bonchev–Trinajstić information content (AvgIpc) is 2.79. The lowest BCUT2D eigenvalue weighted by atomic mass is 10.0. The van der Waals surface area contributed by atoms with Gasteiger partial charge in [-0.2, -0.15) is 0 Å². The molecule has 37 heavy (non-hydrogen) atoms. The summed E-state index contributed by atoms with van der Waals surface area (Å²) in [5, 5.41) is 13.3. The van der Waals surface area contributed by atoms with E-state index < -0.39 is 34.8 Å². The van der Waals surface area contributed by atoms with Crippen LogP contribution in [0.4, 0.5) is 25.0 Å². The highest BCUT2D eigenvalue weighted by Crippen LogP contribution is 2.34. The summed E-state index contributed by atoms with van der Waals surface area (Å²) in [6, 6.07) is 8.35. The molecule has 0 radical (unpaired) electrons. The van der Waals surface area contributed by atoms with Crippen LogP contribution in [0, 0.1) is 18.6 Å². The minimum absolute atomic E-state index is 0.0873. The van der Waals surface area contributed by atoms with Crippen LogP contribution in [0.3, 0.4) is 0 Å². The number of urea groups is 1. The van der Waals surface area contributed by atoms with Gasteiger partial charge in [-0.25, -0.2) is 13.6 Å². The van der Waals surface area contributed by atoms with Gasteiger partial charge >= 0.3 is 12.0 Å². The fourth-order valence-corrected chi connectivity index (χ4v) is 3.67. The van der Waals surface area contributed by atoms with Gasteiger partial charge < -0.3 is 19.7 Å². The van der Waals surface area contributed by atoms with Crippen molar-refractivity contribution in [2.24, 2.45) is 7.05 Å². The number of hydrogen-bond acceptors (Lipinski definition) is 5. The fourth-order valence-electron chi connectivity index (χ4n) is 3.67. The number of pyridine rings is 1. The first-order chi connectivity index (χ1) is 17.3. The van der Waals surface area contributed by atoms with Crippen LogP contribution < -0.4 is 15.8 Å². The van der Waals surface area contributed by atoms with Gasteiger partial charge in [-0.15, -0.1) is 0 Å². The number of aromatic nitrogens is 1. The molecule has 3 rings (SSSR count). The number of carbonyl (C=O) groups excluding carboxylic acids is 2. The Morgan fingerprint density at radius 3 is 2.35 bits per heavy atom. The molecule has 2 N–H and O–H groups in total. The number of nitrogens with one attached hydrogen (secondary N) is 1. The van der Waals surface area contributed by atoms with E-state index in [1.165, 1.54) is 48.1 Å². The predicted octanol–water partition coefficient (Wildman–Crippen LogP) is 4.92. The van der Waals surface area contributed by atoms with E-state index in [9.17, 15) is 28.3 Å². The fraction of sp³-hybridized carbons (Fsp3) is 0.296. The van der Waals surface area contributed by atoms with Gasteiger partial charge in [-0.3, -0.25) is 14.5 Å². The minimum atomic E-state index is -0.776. The molecule has 2 amide bonds. The Kier molecular flexibility index (Phi) is 8.00. The van der Waals surface area contributed by atoms with Crippen LogP contribution in [0.2, 0.25) is 0 Å². The molecule has 0 spiro atoms. The van der Waals surface area contributed by atoms with Gasteiger partial charge in [0.05, 0.1) is 12.1 Å². The van der Waals surface area contributed by atoms with Crippen molar-refractivity contribution >= 4 is 23.4 Å². The zero-order valence-corrected chi connectivity index (χ0v) is 21.3. The van der Waals surface area contributed by atoms with Crippen molar-refractivity contribution in [3.8, 4) is 16.9 Å². The van der Waals surface area contributed by atoms with Gasteiger partial charge in [0.1, 0.15) is 23.0 Å². The number of benzene rings is 2. The van der Waals surface area contributed by atoms with Crippen LogP contribution in [0.1, 0.15) is 32.8 Å². The lowest BCUT2D eigenvalue weighted by molar-refractivity contribution is -0.154. The van der Waals surface area contributed by atoms with Crippen molar-refractivity contribution in [1.29, 1.82) is 0 Å². The summed E-state index contributed by atoms with van der Waals surface area (Å²) in [7, 11) is 1.48. The number of halogens is 2. The molecule has 0 saturated carbocycles. The standard InChI is InChI=1S/C27H29F2N3O5/c1-16-15-31(5)25(35)23(24(16)34)32(26(36)30-13-12-22(33)37-27(2,3)4)19-9-6-17(7-10-19)20-11-8-18(28)14-21(20)29/h6-11,14-15,34H,12-13H2,1-5H3,(H,30,36). The van der Waals surface area contributed by atoms with E-state index in [0.717, 1.165) is 17.0 Å². The normalized spacial score (nSPS) is 11.2. The summed E-state index contributed by atoms with van der Waals surface area (Å²) >= 11 is 0. The molecule has 10 heteroatoms. The second-order valence-corrected chi connectivity index (χ2v) is 9.50. The van der Waals surface area contributed by atoms with Gasteiger partial charge in [0.2, 0.25) is 0 Å². The number of aryl methyl sites for hydroxylation is 2. The van der Waals surface area contributed by atoms with Crippen molar-refractivity contribution in [1.82, 2.24) is 9.88 Å². The summed E-state index contributed by atoms with van der Waals surface area (Å²) < 4.78 is 34.0. The molecule has 0 aliphatic rings. The highest BCUT2D eigenvalue weighted by atomic mass is 19.1. The van der Waals surface area contributed by atoms with Crippen LogP contribution in [0.15, 0.2) is 53.5 Å². The first kappa shape index (κ1) is 27.4. The minimum Gasteiger partial charge on any atom is -0.505 e. The number of anilines is 2. The second kappa shape index (κ2) is 10.8. The molecular formula is C27H29F2N3O5. The molecule has 0 atom stereocenters. The SMILES string of the molecule is Cc1cn(C)c(=O)c(N(C(=O)NCCC(=O)OC(C)(C)C)c2ccc(-c3ccc(F)cc3F)cc2)c1O. The van der Waals surface area contributed by atoms with E-state index in [2.05, 4.69) is 5.32 Å². The zero-order chi connectivity index (χ0) is 27.5. The number of aromatic hydroxyl groups is 1. The third kappa shape index (κ3) is 6.52. The van der Waals surface area contributed by atoms with Crippen molar-refractivity contribution < 1.29 is 28.2 Å². The zero-order valence-electron chi connectivity index (χ0n) is 21.3. The number of esters is 1. The second-order valence-electron chi connectivity index (χ2n) is 9.50. The number of carbonyl (C=O) groups is 2. The Balaban J connectivity index is 1.97.